The van der Waals surface area contributed by atoms with Crippen LogP contribution in [0.2, 0.25) is 0 Å². The zero-order chi connectivity index (χ0) is 22.8. The molecule has 1 aliphatic heterocycles. The van der Waals surface area contributed by atoms with E-state index in [9.17, 15) is 14.0 Å². The third-order valence-electron chi connectivity index (χ3n) is 5.21. The number of carbonyl (C=O) groups excluding carboxylic acids is 2. The van der Waals surface area contributed by atoms with Crippen molar-refractivity contribution in [2.75, 3.05) is 10.2 Å². The summed E-state index contributed by atoms with van der Waals surface area (Å²) in [5, 5.41) is 3.15. The maximum atomic E-state index is 13.4. The number of carbonyl (C=O) groups is 2. The highest BCUT2D eigenvalue weighted by atomic mass is 32.2. The molecule has 1 aliphatic rings. The van der Waals surface area contributed by atoms with Crippen LogP contribution in [0.3, 0.4) is 0 Å². The first-order valence-corrected chi connectivity index (χ1v) is 11.2. The third kappa shape index (κ3) is 4.46. The van der Waals surface area contributed by atoms with Gasteiger partial charge in [0.15, 0.2) is 0 Å². The van der Waals surface area contributed by atoms with Gasteiger partial charge in [-0.3, -0.25) is 9.59 Å². The second kappa shape index (κ2) is 9.01. The van der Waals surface area contributed by atoms with Crippen LogP contribution in [-0.2, 0) is 9.59 Å². The summed E-state index contributed by atoms with van der Waals surface area (Å²) < 4.78 is 13.4. The minimum absolute atomic E-state index is 0.210. The average molecular weight is 447 g/mol. The predicted octanol–water partition coefficient (Wildman–Crippen LogP) is 6.25. The van der Waals surface area contributed by atoms with E-state index in [2.05, 4.69) is 19.2 Å². The molecule has 1 N–H and O–H groups in total. The van der Waals surface area contributed by atoms with Gasteiger partial charge in [-0.15, -0.1) is 0 Å². The van der Waals surface area contributed by atoms with Crippen molar-refractivity contribution in [3.05, 3.63) is 100 Å². The lowest BCUT2D eigenvalue weighted by atomic mass is 10.0. The number of imide groups is 1. The number of aryl methyl sites for hydroxylation is 1. The van der Waals surface area contributed by atoms with Gasteiger partial charge in [0.2, 0.25) is 0 Å². The number of hydrogen-bond donors (Lipinski definition) is 1. The topological polar surface area (TPSA) is 49.4 Å². The molecule has 2 amide bonds. The summed E-state index contributed by atoms with van der Waals surface area (Å²) in [6.07, 6.45) is 0. The van der Waals surface area contributed by atoms with Crippen molar-refractivity contribution >= 4 is 35.0 Å². The van der Waals surface area contributed by atoms with Gasteiger partial charge in [-0.25, -0.2) is 9.29 Å². The first kappa shape index (κ1) is 21.8. The Balaban J connectivity index is 1.71. The van der Waals surface area contributed by atoms with Crippen LogP contribution in [-0.4, -0.2) is 11.8 Å². The number of amides is 2. The van der Waals surface area contributed by atoms with Gasteiger partial charge in [0.1, 0.15) is 16.4 Å². The number of rotatable bonds is 6. The maximum absolute atomic E-state index is 13.4. The van der Waals surface area contributed by atoms with E-state index < -0.39 is 17.6 Å². The highest BCUT2D eigenvalue weighted by Gasteiger charge is 2.40. The van der Waals surface area contributed by atoms with Gasteiger partial charge in [0.25, 0.3) is 11.8 Å². The van der Waals surface area contributed by atoms with Crippen LogP contribution < -0.4 is 10.2 Å². The minimum Gasteiger partial charge on any atom is -0.350 e. The fourth-order valence-electron chi connectivity index (χ4n) is 3.36. The summed E-state index contributed by atoms with van der Waals surface area (Å²) in [5.74, 6) is -0.948. The zero-order valence-electron chi connectivity index (χ0n) is 18.1. The summed E-state index contributed by atoms with van der Waals surface area (Å²) in [5.41, 5.74) is 3.54. The van der Waals surface area contributed by atoms with E-state index in [1.54, 1.807) is 0 Å². The van der Waals surface area contributed by atoms with E-state index in [1.807, 2.05) is 55.5 Å². The van der Waals surface area contributed by atoms with E-state index in [0.29, 0.717) is 22.2 Å². The SMILES string of the molecule is Cc1ccc(SC2=C(Nc3ccc(C(C)C)cc3)C(=O)N(c3ccc(F)cc3)C2=O)cc1. The van der Waals surface area contributed by atoms with E-state index in [-0.39, 0.29) is 5.70 Å². The molecule has 0 aliphatic carbocycles. The molecule has 0 aromatic heterocycles. The van der Waals surface area contributed by atoms with Gasteiger partial charge in [-0.05, 0) is 66.9 Å². The molecule has 162 valence electrons. The monoisotopic (exact) mass is 446 g/mol. The van der Waals surface area contributed by atoms with Crippen molar-refractivity contribution < 1.29 is 14.0 Å². The molecule has 4 nitrogen and oxygen atoms in total. The van der Waals surface area contributed by atoms with Crippen molar-refractivity contribution in [3.63, 3.8) is 0 Å². The minimum atomic E-state index is -0.468. The van der Waals surface area contributed by atoms with Gasteiger partial charge in [0.05, 0.1) is 5.69 Å². The molecule has 0 spiro atoms. The number of thioether (sulfide) groups is 1. The molecule has 4 rings (SSSR count). The van der Waals surface area contributed by atoms with E-state index in [1.165, 1.54) is 41.6 Å². The first-order valence-electron chi connectivity index (χ1n) is 10.3. The van der Waals surface area contributed by atoms with Crippen LogP contribution in [0, 0.1) is 12.7 Å². The van der Waals surface area contributed by atoms with E-state index >= 15 is 0 Å². The van der Waals surface area contributed by atoms with Gasteiger partial charge >= 0.3 is 0 Å². The Hall–Kier alpha value is -3.38. The van der Waals surface area contributed by atoms with Crippen LogP contribution in [0.1, 0.15) is 30.9 Å². The lowest BCUT2D eigenvalue weighted by Crippen LogP contribution is -2.32. The Labute approximate surface area is 191 Å². The largest absolute Gasteiger partial charge is 0.350 e. The van der Waals surface area contributed by atoms with Crippen LogP contribution in [0.4, 0.5) is 15.8 Å². The molecular formula is C26H23FN2O2S. The molecule has 0 atom stereocenters. The molecule has 0 saturated carbocycles. The molecule has 0 bridgehead atoms. The molecule has 0 fully saturated rings. The van der Waals surface area contributed by atoms with Crippen molar-refractivity contribution in [1.29, 1.82) is 0 Å². The second-order valence-electron chi connectivity index (χ2n) is 7.94. The quantitative estimate of drug-likeness (QED) is 0.455. The van der Waals surface area contributed by atoms with Crippen molar-refractivity contribution in [1.82, 2.24) is 0 Å². The molecule has 1 heterocycles. The Kier molecular flexibility index (Phi) is 6.15. The molecule has 0 saturated heterocycles. The third-order valence-corrected chi connectivity index (χ3v) is 6.30. The van der Waals surface area contributed by atoms with Gasteiger partial charge in [0, 0.05) is 10.6 Å². The highest BCUT2D eigenvalue weighted by molar-refractivity contribution is 8.04. The van der Waals surface area contributed by atoms with Crippen LogP contribution in [0.5, 0.6) is 0 Å². The van der Waals surface area contributed by atoms with Crippen molar-refractivity contribution in [2.24, 2.45) is 0 Å². The number of nitrogens with zero attached hydrogens (tertiary/aromatic N) is 1. The highest BCUT2D eigenvalue weighted by Crippen LogP contribution is 2.38. The standard InChI is InChI=1S/C26H23FN2O2S/c1-16(2)18-6-10-20(11-7-18)28-23-24(32-22-14-4-17(3)5-15-22)26(31)29(25(23)30)21-12-8-19(27)9-13-21/h4-16,28H,1-3H3. The number of halogens is 1. The molecular weight excluding hydrogens is 423 g/mol. The van der Waals surface area contributed by atoms with Gasteiger partial charge in [-0.2, -0.15) is 0 Å². The van der Waals surface area contributed by atoms with Crippen LogP contribution in [0.15, 0.2) is 88.3 Å². The fraction of sp³-hybridized carbons (Fsp3) is 0.154. The molecule has 3 aromatic rings. The Morgan fingerprint density at radius 1 is 0.844 bits per heavy atom. The second-order valence-corrected chi connectivity index (χ2v) is 9.03. The Morgan fingerprint density at radius 2 is 1.47 bits per heavy atom. The van der Waals surface area contributed by atoms with Crippen LogP contribution >= 0.6 is 11.8 Å². The number of hydrogen-bond acceptors (Lipinski definition) is 4. The smallest absolute Gasteiger partial charge is 0.283 e. The Bertz CT molecular complexity index is 1180. The number of anilines is 2. The summed E-state index contributed by atoms with van der Waals surface area (Å²) in [4.78, 5) is 28.9. The van der Waals surface area contributed by atoms with Gasteiger partial charge in [-0.1, -0.05) is 55.4 Å². The molecule has 32 heavy (non-hydrogen) atoms. The summed E-state index contributed by atoms with van der Waals surface area (Å²) >= 11 is 1.24. The number of benzene rings is 3. The Morgan fingerprint density at radius 3 is 2.06 bits per heavy atom. The van der Waals surface area contributed by atoms with Crippen molar-refractivity contribution in [2.45, 2.75) is 31.6 Å². The van der Waals surface area contributed by atoms with Crippen molar-refractivity contribution in [3.8, 4) is 0 Å². The fourth-order valence-corrected chi connectivity index (χ4v) is 4.29. The van der Waals surface area contributed by atoms with Crippen LogP contribution in [0.25, 0.3) is 0 Å². The normalized spacial score (nSPS) is 14.0. The summed E-state index contributed by atoms with van der Waals surface area (Å²) in [6.45, 7) is 6.21. The predicted molar refractivity (Wildman–Crippen MR) is 127 cm³/mol. The molecule has 6 heteroatoms. The lowest BCUT2D eigenvalue weighted by Gasteiger charge is -2.15. The number of nitrogens with one attached hydrogen (secondary N) is 1. The first-order chi connectivity index (χ1) is 15.3. The van der Waals surface area contributed by atoms with E-state index in [0.717, 1.165) is 15.4 Å². The average Bonchev–Trinajstić information content (AvgIpc) is 3.00. The van der Waals surface area contributed by atoms with E-state index in [4.69, 9.17) is 0 Å². The summed E-state index contributed by atoms with van der Waals surface area (Å²) in [7, 11) is 0. The molecule has 0 unspecified atom stereocenters. The molecule has 0 radical (unpaired) electrons. The molecule has 3 aromatic carbocycles. The lowest BCUT2D eigenvalue weighted by molar-refractivity contribution is -0.120. The van der Waals surface area contributed by atoms with Gasteiger partial charge < -0.3 is 5.32 Å². The maximum Gasteiger partial charge on any atom is 0.283 e. The summed E-state index contributed by atoms with van der Waals surface area (Å²) in [6, 6.07) is 20.9. The zero-order valence-corrected chi connectivity index (χ0v) is 18.9.